The van der Waals surface area contributed by atoms with Crippen molar-refractivity contribution in [3.63, 3.8) is 0 Å². The molecule has 0 aliphatic carbocycles. The molecule has 0 aliphatic rings. The molecule has 0 saturated heterocycles. The molecule has 0 atom stereocenters. The van der Waals surface area contributed by atoms with Crippen LogP contribution in [0.5, 0.6) is 5.88 Å². The van der Waals surface area contributed by atoms with Gasteiger partial charge in [0.1, 0.15) is 0 Å². The number of nitrogens with two attached hydrogens (primary N) is 1. The van der Waals surface area contributed by atoms with E-state index in [0.717, 1.165) is 0 Å². The average Bonchev–Trinajstić information content (AvgIpc) is 2.28. The maximum atomic E-state index is 11.4. The van der Waals surface area contributed by atoms with Crippen molar-refractivity contribution in [3.8, 4) is 5.88 Å². The van der Waals surface area contributed by atoms with E-state index in [1.54, 1.807) is 13.0 Å². The SMILES string of the molecule is CCOC(=O)c1cc(CN)nc(OC)c1. The molecular formula is C10H14N2O3. The number of methoxy groups -OCH3 is 1. The summed E-state index contributed by atoms with van der Waals surface area (Å²) in [5.74, 6) is -0.0334. The molecule has 0 amide bonds. The summed E-state index contributed by atoms with van der Waals surface area (Å²) >= 11 is 0. The van der Waals surface area contributed by atoms with Crippen LogP contribution in [0.15, 0.2) is 12.1 Å². The minimum atomic E-state index is -0.395. The number of hydrogen-bond acceptors (Lipinski definition) is 5. The van der Waals surface area contributed by atoms with Crippen molar-refractivity contribution in [2.24, 2.45) is 5.73 Å². The van der Waals surface area contributed by atoms with Gasteiger partial charge in [-0.15, -0.1) is 0 Å². The number of carbonyl (C=O) groups excluding carboxylic acids is 1. The fourth-order valence-electron chi connectivity index (χ4n) is 1.10. The summed E-state index contributed by atoms with van der Waals surface area (Å²) < 4.78 is 9.82. The number of ether oxygens (including phenoxy) is 2. The Balaban J connectivity index is 3.01. The van der Waals surface area contributed by atoms with Crippen LogP contribution in [0, 0.1) is 0 Å². The monoisotopic (exact) mass is 210 g/mol. The van der Waals surface area contributed by atoms with E-state index < -0.39 is 5.97 Å². The van der Waals surface area contributed by atoms with Crippen molar-refractivity contribution in [3.05, 3.63) is 23.4 Å². The second-order valence-corrected chi connectivity index (χ2v) is 2.81. The summed E-state index contributed by atoms with van der Waals surface area (Å²) in [6, 6.07) is 3.12. The van der Waals surface area contributed by atoms with Gasteiger partial charge in [-0.1, -0.05) is 0 Å². The normalized spacial score (nSPS) is 9.80. The van der Waals surface area contributed by atoms with Gasteiger partial charge in [0.15, 0.2) is 0 Å². The van der Waals surface area contributed by atoms with Gasteiger partial charge in [0.2, 0.25) is 5.88 Å². The molecule has 1 heterocycles. The molecule has 1 aromatic heterocycles. The van der Waals surface area contributed by atoms with Crippen LogP contribution in [-0.2, 0) is 11.3 Å². The summed E-state index contributed by atoms with van der Waals surface area (Å²) in [6.45, 7) is 2.34. The van der Waals surface area contributed by atoms with E-state index in [0.29, 0.717) is 23.7 Å². The average molecular weight is 210 g/mol. The third-order valence-electron chi connectivity index (χ3n) is 1.78. The first-order valence-electron chi connectivity index (χ1n) is 4.63. The predicted molar refractivity (Wildman–Crippen MR) is 54.6 cm³/mol. The smallest absolute Gasteiger partial charge is 0.338 e. The highest BCUT2D eigenvalue weighted by Gasteiger charge is 2.10. The van der Waals surface area contributed by atoms with Gasteiger partial charge in [0.05, 0.1) is 25.0 Å². The number of aromatic nitrogens is 1. The molecule has 0 aromatic carbocycles. The van der Waals surface area contributed by atoms with Crippen molar-refractivity contribution in [1.29, 1.82) is 0 Å². The van der Waals surface area contributed by atoms with Gasteiger partial charge in [-0.3, -0.25) is 0 Å². The van der Waals surface area contributed by atoms with E-state index in [1.807, 2.05) is 0 Å². The fraction of sp³-hybridized carbons (Fsp3) is 0.400. The minimum Gasteiger partial charge on any atom is -0.481 e. The first kappa shape index (κ1) is 11.5. The van der Waals surface area contributed by atoms with Crippen molar-refractivity contribution in [2.45, 2.75) is 13.5 Å². The van der Waals surface area contributed by atoms with Gasteiger partial charge in [-0.25, -0.2) is 9.78 Å². The molecule has 1 aromatic rings. The Kier molecular flexibility index (Phi) is 4.05. The maximum absolute atomic E-state index is 11.4. The quantitative estimate of drug-likeness (QED) is 0.741. The predicted octanol–water partition coefficient (Wildman–Crippen LogP) is 0.726. The van der Waals surface area contributed by atoms with Crippen LogP contribution in [0.4, 0.5) is 0 Å². The second kappa shape index (κ2) is 5.31. The molecule has 0 spiro atoms. The van der Waals surface area contributed by atoms with Crippen LogP contribution < -0.4 is 10.5 Å². The number of carbonyl (C=O) groups is 1. The lowest BCUT2D eigenvalue weighted by Crippen LogP contribution is -2.08. The summed E-state index contributed by atoms with van der Waals surface area (Å²) in [5.41, 5.74) is 6.45. The summed E-state index contributed by atoms with van der Waals surface area (Å²) in [5, 5.41) is 0. The van der Waals surface area contributed by atoms with E-state index in [9.17, 15) is 4.79 Å². The number of pyridine rings is 1. The van der Waals surface area contributed by atoms with Crippen LogP contribution in [-0.4, -0.2) is 24.7 Å². The Morgan fingerprint density at radius 2 is 2.27 bits per heavy atom. The zero-order valence-electron chi connectivity index (χ0n) is 8.82. The largest absolute Gasteiger partial charge is 0.481 e. The lowest BCUT2D eigenvalue weighted by atomic mass is 10.2. The Morgan fingerprint density at radius 3 is 2.80 bits per heavy atom. The fourth-order valence-corrected chi connectivity index (χ4v) is 1.10. The second-order valence-electron chi connectivity index (χ2n) is 2.81. The van der Waals surface area contributed by atoms with E-state index in [4.69, 9.17) is 15.2 Å². The molecule has 0 radical (unpaired) electrons. The van der Waals surface area contributed by atoms with Gasteiger partial charge in [-0.05, 0) is 13.0 Å². The zero-order chi connectivity index (χ0) is 11.3. The van der Waals surface area contributed by atoms with Crippen molar-refractivity contribution in [2.75, 3.05) is 13.7 Å². The first-order chi connectivity index (χ1) is 7.21. The Bertz CT molecular complexity index is 330. The summed E-state index contributed by atoms with van der Waals surface area (Å²) in [4.78, 5) is 15.5. The number of hydrogen-bond donors (Lipinski definition) is 1. The minimum absolute atomic E-state index is 0.254. The van der Waals surface area contributed by atoms with Crippen LogP contribution in [0.2, 0.25) is 0 Å². The standard InChI is InChI=1S/C10H14N2O3/c1-3-15-10(13)7-4-8(6-11)12-9(5-7)14-2/h4-5H,3,6,11H2,1-2H3. The van der Waals surface area contributed by atoms with Crippen LogP contribution in [0.1, 0.15) is 23.0 Å². The van der Waals surface area contributed by atoms with Crippen LogP contribution in [0.25, 0.3) is 0 Å². The van der Waals surface area contributed by atoms with Gasteiger partial charge in [0, 0.05) is 12.6 Å². The number of rotatable bonds is 4. The molecule has 82 valence electrons. The van der Waals surface area contributed by atoms with Gasteiger partial charge in [-0.2, -0.15) is 0 Å². The molecule has 5 nitrogen and oxygen atoms in total. The summed E-state index contributed by atoms with van der Waals surface area (Å²) in [6.07, 6.45) is 0. The van der Waals surface area contributed by atoms with E-state index in [-0.39, 0.29) is 6.54 Å². The number of nitrogens with zero attached hydrogens (tertiary/aromatic N) is 1. The molecule has 2 N–H and O–H groups in total. The zero-order valence-corrected chi connectivity index (χ0v) is 8.82. The van der Waals surface area contributed by atoms with E-state index in [1.165, 1.54) is 13.2 Å². The highest BCUT2D eigenvalue weighted by molar-refractivity contribution is 5.89. The van der Waals surface area contributed by atoms with Crippen LogP contribution >= 0.6 is 0 Å². The Hall–Kier alpha value is -1.62. The molecule has 0 unspecified atom stereocenters. The molecule has 0 fully saturated rings. The maximum Gasteiger partial charge on any atom is 0.338 e. The van der Waals surface area contributed by atoms with Gasteiger partial charge in [0.25, 0.3) is 0 Å². The molecule has 5 heteroatoms. The molecule has 0 aliphatic heterocycles. The molecule has 0 saturated carbocycles. The third-order valence-corrected chi connectivity index (χ3v) is 1.78. The van der Waals surface area contributed by atoms with E-state index in [2.05, 4.69) is 4.98 Å². The highest BCUT2D eigenvalue weighted by atomic mass is 16.5. The van der Waals surface area contributed by atoms with Crippen molar-refractivity contribution >= 4 is 5.97 Å². The Morgan fingerprint density at radius 1 is 1.53 bits per heavy atom. The van der Waals surface area contributed by atoms with Gasteiger partial charge < -0.3 is 15.2 Å². The van der Waals surface area contributed by atoms with Crippen molar-refractivity contribution in [1.82, 2.24) is 4.98 Å². The molecular weight excluding hydrogens is 196 g/mol. The lowest BCUT2D eigenvalue weighted by molar-refractivity contribution is 0.0525. The molecule has 0 bridgehead atoms. The topological polar surface area (TPSA) is 74.4 Å². The number of esters is 1. The van der Waals surface area contributed by atoms with E-state index >= 15 is 0 Å². The van der Waals surface area contributed by atoms with Crippen molar-refractivity contribution < 1.29 is 14.3 Å². The Labute approximate surface area is 88.2 Å². The molecule has 1 rings (SSSR count). The van der Waals surface area contributed by atoms with Gasteiger partial charge >= 0.3 is 5.97 Å². The third kappa shape index (κ3) is 2.92. The van der Waals surface area contributed by atoms with Crippen LogP contribution in [0.3, 0.4) is 0 Å². The lowest BCUT2D eigenvalue weighted by Gasteiger charge is -2.06. The highest BCUT2D eigenvalue weighted by Crippen LogP contribution is 2.13. The first-order valence-corrected chi connectivity index (χ1v) is 4.63. The summed E-state index contributed by atoms with van der Waals surface area (Å²) in [7, 11) is 1.48. The molecule has 15 heavy (non-hydrogen) atoms.